The fraction of sp³-hybridized carbons (Fsp3) is 0.833. The van der Waals surface area contributed by atoms with Crippen LogP contribution in [-0.2, 0) is 9.59 Å². The Bertz CT molecular complexity index is 275. The number of carboxylic acids is 1. The summed E-state index contributed by atoms with van der Waals surface area (Å²) in [6.45, 7) is 7.38. The van der Waals surface area contributed by atoms with E-state index in [1.54, 1.807) is 6.92 Å². The molecule has 0 aliphatic rings. The third-order valence-electron chi connectivity index (χ3n) is 2.80. The van der Waals surface area contributed by atoms with Crippen LogP contribution < -0.4 is 11.1 Å². The van der Waals surface area contributed by atoms with Gasteiger partial charge in [0.25, 0.3) is 0 Å². The van der Waals surface area contributed by atoms with Crippen molar-refractivity contribution in [3.05, 3.63) is 0 Å². The van der Waals surface area contributed by atoms with Gasteiger partial charge in [0.05, 0.1) is 12.0 Å². The Balaban J connectivity index is 4.55. The van der Waals surface area contributed by atoms with Crippen molar-refractivity contribution in [1.29, 1.82) is 0 Å². The van der Waals surface area contributed by atoms with E-state index in [-0.39, 0.29) is 24.3 Å². The fourth-order valence-electron chi connectivity index (χ4n) is 1.61. The lowest BCUT2D eigenvalue weighted by Crippen LogP contribution is -2.55. The Morgan fingerprint density at radius 3 is 2.29 bits per heavy atom. The summed E-state index contributed by atoms with van der Waals surface area (Å²) in [5, 5.41) is 11.5. The first-order chi connectivity index (χ1) is 7.70. The predicted molar refractivity (Wildman–Crippen MR) is 66.5 cm³/mol. The SMILES string of the molecule is CCCC(C)(N)C(=O)NC(CC(=O)O)C(C)C. The molecule has 0 aromatic carbocycles. The minimum Gasteiger partial charge on any atom is -0.481 e. The number of nitrogens with one attached hydrogen (secondary N) is 1. The van der Waals surface area contributed by atoms with E-state index in [2.05, 4.69) is 5.32 Å². The molecule has 100 valence electrons. The maximum atomic E-state index is 11.9. The van der Waals surface area contributed by atoms with Crippen molar-refractivity contribution in [2.24, 2.45) is 11.7 Å². The zero-order valence-electron chi connectivity index (χ0n) is 11.1. The molecule has 0 bridgehead atoms. The summed E-state index contributed by atoms with van der Waals surface area (Å²) in [7, 11) is 0. The Kier molecular flexibility index (Phi) is 6.16. The lowest BCUT2D eigenvalue weighted by atomic mass is 9.94. The van der Waals surface area contributed by atoms with E-state index in [9.17, 15) is 9.59 Å². The van der Waals surface area contributed by atoms with Gasteiger partial charge in [-0.15, -0.1) is 0 Å². The van der Waals surface area contributed by atoms with Gasteiger partial charge in [-0.05, 0) is 19.3 Å². The highest BCUT2D eigenvalue weighted by molar-refractivity contribution is 5.86. The average molecular weight is 244 g/mol. The molecule has 17 heavy (non-hydrogen) atoms. The Hall–Kier alpha value is -1.10. The van der Waals surface area contributed by atoms with E-state index >= 15 is 0 Å². The summed E-state index contributed by atoms with van der Waals surface area (Å²) in [5.41, 5.74) is 4.96. The van der Waals surface area contributed by atoms with Gasteiger partial charge in [0.15, 0.2) is 0 Å². The van der Waals surface area contributed by atoms with Gasteiger partial charge in [0.2, 0.25) is 5.91 Å². The highest BCUT2D eigenvalue weighted by Crippen LogP contribution is 2.12. The largest absolute Gasteiger partial charge is 0.481 e. The molecule has 2 unspecified atom stereocenters. The minimum atomic E-state index is -0.930. The van der Waals surface area contributed by atoms with Crippen LogP contribution in [0.4, 0.5) is 0 Å². The molecule has 4 N–H and O–H groups in total. The first-order valence-corrected chi connectivity index (χ1v) is 6.02. The van der Waals surface area contributed by atoms with E-state index in [0.717, 1.165) is 6.42 Å². The molecule has 5 heteroatoms. The van der Waals surface area contributed by atoms with Gasteiger partial charge in [0, 0.05) is 6.04 Å². The lowest BCUT2D eigenvalue weighted by Gasteiger charge is -2.28. The van der Waals surface area contributed by atoms with Crippen LogP contribution in [0.15, 0.2) is 0 Å². The molecule has 0 aliphatic carbocycles. The second-order valence-electron chi connectivity index (χ2n) is 5.09. The van der Waals surface area contributed by atoms with Crippen LogP contribution in [0.25, 0.3) is 0 Å². The van der Waals surface area contributed by atoms with E-state index in [1.165, 1.54) is 0 Å². The fourth-order valence-corrected chi connectivity index (χ4v) is 1.61. The number of carbonyl (C=O) groups excluding carboxylic acids is 1. The van der Waals surface area contributed by atoms with Crippen LogP contribution >= 0.6 is 0 Å². The normalized spacial score (nSPS) is 16.4. The molecule has 1 amide bonds. The van der Waals surface area contributed by atoms with Crippen LogP contribution in [-0.4, -0.2) is 28.6 Å². The number of carbonyl (C=O) groups is 2. The molecular formula is C12H24N2O3. The van der Waals surface area contributed by atoms with Gasteiger partial charge < -0.3 is 16.2 Å². The van der Waals surface area contributed by atoms with E-state index < -0.39 is 11.5 Å². The summed E-state index contributed by atoms with van der Waals surface area (Å²) >= 11 is 0. The highest BCUT2D eigenvalue weighted by Gasteiger charge is 2.30. The summed E-state index contributed by atoms with van der Waals surface area (Å²) in [6.07, 6.45) is 1.31. The summed E-state index contributed by atoms with van der Waals surface area (Å²) < 4.78 is 0. The molecule has 0 rings (SSSR count). The van der Waals surface area contributed by atoms with Crippen molar-refractivity contribution < 1.29 is 14.7 Å². The quantitative estimate of drug-likeness (QED) is 0.625. The van der Waals surface area contributed by atoms with Gasteiger partial charge in [0.1, 0.15) is 0 Å². The van der Waals surface area contributed by atoms with Gasteiger partial charge in [-0.3, -0.25) is 9.59 Å². The number of aliphatic carboxylic acids is 1. The highest BCUT2D eigenvalue weighted by atomic mass is 16.4. The number of amides is 1. The zero-order chi connectivity index (χ0) is 13.6. The number of carboxylic acid groups (broad SMARTS) is 1. The van der Waals surface area contributed by atoms with Crippen molar-refractivity contribution >= 4 is 11.9 Å². The van der Waals surface area contributed by atoms with Gasteiger partial charge >= 0.3 is 5.97 Å². The summed E-state index contributed by atoms with van der Waals surface area (Å²) in [5.74, 6) is -1.13. The first kappa shape index (κ1) is 15.9. The molecule has 0 aliphatic heterocycles. The third-order valence-corrected chi connectivity index (χ3v) is 2.80. The van der Waals surface area contributed by atoms with Gasteiger partial charge in [-0.1, -0.05) is 27.2 Å². The van der Waals surface area contributed by atoms with Gasteiger partial charge in [-0.25, -0.2) is 0 Å². The molecule has 0 fully saturated rings. The standard InChI is InChI=1S/C12H24N2O3/c1-5-6-12(4,13)11(17)14-9(8(2)3)7-10(15)16/h8-9H,5-7,13H2,1-4H3,(H,14,17)(H,15,16). The molecule has 0 heterocycles. The van der Waals surface area contributed by atoms with Crippen molar-refractivity contribution in [3.63, 3.8) is 0 Å². The smallest absolute Gasteiger partial charge is 0.305 e. The van der Waals surface area contributed by atoms with Crippen LogP contribution in [0, 0.1) is 5.92 Å². The second kappa shape index (κ2) is 6.59. The first-order valence-electron chi connectivity index (χ1n) is 6.02. The predicted octanol–water partition coefficient (Wildman–Crippen LogP) is 1.12. The number of hydrogen-bond acceptors (Lipinski definition) is 3. The number of rotatable bonds is 7. The molecule has 0 spiro atoms. The molecule has 0 radical (unpaired) electrons. The van der Waals surface area contributed by atoms with E-state index in [1.807, 2.05) is 20.8 Å². The van der Waals surface area contributed by atoms with Crippen LogP contribution in [0.3, 0.4) is 0 Å². The molecular weight excluding hydrogens is 220 g/mol. The summed E-state index contributed by atoms with van der Waals surface area (Å²) in [4.78, 5) is 22.6. The molecule has 0 aromatic rings. The van der Waals surface area contributed by atoms with Crippen molar-refractivity contribution in [1.82, 2.24) is 5.32 Å². The molecule has 0 saturated carbocycles. The van der Waals surface area contributed by atoms with E-state index in [4.69, 9.17) is 10.8 Å². The minimum absolute atomic E-state index is 0.0625. The molecule has 5 nitrogen and oxygen atoms in total. The molecule has 0 saturated heterocycles. The zero-order valence-corrected chi connectivity index (χ0v) is 11.1. The third kappa shape index (κ3) is 5.68. The second-order valence-corrected chi connectivity index (χ2v) is 5.09. The average Bonchev–Trinajstić information content (AvgIpc) is 2.15. The monoisotopic (exact) mass is 244 g/mol. The topological polar surface area (TPSA) is 92.4 Å². The Morgan fingerprint density at radius 1 is 1.41 bits per heavy atom. The van der Waals surface area contributed by atoms with Crippen molar-refractivity contribution in [2.45, 2.75) is 58.5 Å². The van der Waals surface area contributed by atoms with E-state index in [0.29, 0.717) is 6.42 Å². The number of hydrogen-bond donors (Lipinski definition) is 3. The maximum Gasteiger partial charge on any atom is 0.305 e. The Labute approximate surface area is 103 Å². The lowest BCUT2D eigenvalue weighted by molar-refractivity contribution is -0.138. The maximum absolute atomic E-state index is 11.9. The molecule has 0 aromatic heterocycles. The number of nitrogens with two attached hydrogens (primary N) is 1. The summed E-state index contributed by atoms with van der Waals surface area (Å²) in [6, 6.07) is -0.375. The molecule has 2 atom stereocenters. The van der Waals surface area contributed by atoms with Gasteiger partial charge in [-0.2, -0.15) is 0 Å². The van der Waals surface area contributed by atoms with Crippen molar-refractivity contribution in [3.8, 4) is 0 Å². The Morgan fingerprint density at radius 2 is 1.94 bits per heavy atom. The van der Waals surface area contributed by atoms with Crippen LogP contribution in [0.5, 0.6) is 0 Å². The van der Waals surface area contributed by atoms with Crippen LogP contribution in [0.2, 0.25) is 0 Å². The van der Waals surface area contributed by atoms with Crippen LogP contribution in [0.1, 0.15) is 47.0 Å². The van der Waals surface area contributed by atoms with Crippen molar-refractivity contribution in [2.75, 3.05) is 0 Å².